The highest BCUT2D eigenvalue weighted by atomic mass is 16.5. The van der Waals surface area contributed by atoms with Crippen LogP contribution in [0.1, 0.15) is 31.2 Å². The van der Waals surface area contributed by atoms with Gasteiger partial charge in [0.05, 0.1) is 13.2 Å². The standard InChI is InChI=1S/C22H26N4O2/c1-15(2)28-20(18-7-5-6-8-19(18)27-4)14-24-21-13-16(3)25-22(26-21)17-9-11-23-12-10-17/h5-13,15,20H,14H2,1-4H3,(H,24,25,26). The van der Waals surface area contributed by atoms with Gasteiger partial charge in [0.1, 0.15) is 17.7 Å². The number of ether oxygens (including phenoxy) is 2. The summed E-state index contributed by atoms with van der Waals surface area (Å²) in [4.78, 5) is 13.2. The van der Waals surface area contributed by atoms with Crippen molar-refractivity contribution in [3.05, 3.63) is 66.1 Å². The zero-order valence-electron chi connectivity index (χ0n) is 16.7. The Morgan fingerprint density at radius 3 is 2.50 bits per heavy atom. The van der Waals surface area contributed by atoms with Crippen LogP contribution in [0.4, 0.5) is 5.82 Å². The third kappa shape index (κ3) is 5.04. The second-order valence-electron chi connectivity index (χ2n) is 6.75. The number of aromatic nitrogens is 3. The maximum Gasteiger partial charge on any atom is 0.161 e. The van der Waals surface area contributed by atoms with Crippen LogP contribution in [0.2, 0.25) is 0 Å². The lowest BCUT2D eigenvalue weighted by atomic mass is 10.1. The van der Waals surface area contributed by atoms with Gasteiger partial charge in [0, 0.05) is 41.8 Å². The highest BCUT2D eigenvalue weighted by molar-refractivity contribution is 5.56. The highest BCUT2D eigenvalue weighted by Gasteiger charge is 2.18. The molecule has 28 heavy (non-hydrogen) atoms. The average Bonchev–Trinajstić information content (AvgIpc) is 2.71. The monoisotopic (exact) mass is 378 g/mol. The van der Waals surface area contributed by atoms with Crippen molar-refractivity contribution in [2.45, 2.75) is 33.0 Å². The molecule has 3 aromatic rings. The smallest absolute Gasteiger partial charge is 0.161 e. The second kappa shape index (κ2) is 9.28. The third-order valence-corrected chi connectivity index (χ3v) is 4.18. The van der Waals surface area contributed by atoms with Crippen LogP contribution >= 0.6 is 0 Å². The molecule has 0 saturated heterocycles. The highest BCUT2D eigenvalue weighted by Crippen LogP contribution is 2.29. The van der Waals surface area contributed by atoms with Crippen LogP contribution in [0.25, 0.3) is 11.4 Å². The van der Waals surface area contributed by atoms with Crippen molar-refractivity contribution in [1.82, 2.24) is 15.0 Å². The van der Waals surface area contributed by atoms with Crippen LogP contribution < -0.4 is 10.1 Å². The van der Waals surface area contributed by atoms with Gasteiger partial charge in [0.25, 0.3) is 0 Å². The van der Waals surface area contributed by atoms with Crippen LogP contribution in [-0.2, 0) is 4.74 Å². The molecule has 0 aliphatic carbocycles. The van der Waals surface area contributed by atoms with Crippen LogP contribution in [0.15, 0.2) is 54.9 Å². The van der Waals surface area contributed by atoms with Crippen LogP contribution in [0.5, 0.6) is 5.75 Å². The minimum Gasteiger partial charge on any atom is -0.496 e. The van der Waals surface area contributed by atoms with Crippen molar-refractivity contribution in [3.63, 3.8) is 0 Å². The topological polar surface area (TPSA) is 69.2 Å². The Labute approximate surface area is 166 Å². The maximum absolute atomic E-state index is 6.15. The lowest BCUT2D eigenvalue weighted by molar-refractivity contribution is 0.0131. The number of methoxy groups -OCH3 is 1. The summed E-state index contributed by atoms with van der Waals surface area (Å²) in [6.45, 7) is 6.57. The fourth-order valence-corrected chi connectivity index (χ4v) is 2.98. The summed E-state index contributed by atoms with van der Waals surface area (Å²) in [5, 5.41) is 3.40. The van der Waals surface area contributed by atoms with E-state index in [0.29, 0.717) is 12.4 Å². The molecule has 0 aliphatic heterocycles. The Morgan fingerprint density at radius 1 is 1.04 bits per heavy atom. The fraction of sp³-hybridized carbons (Fsp3) is 0.318. The second-order valence-corrected chi connectivity index (χ2v) is 6.75. The number of nitrogens with one attached hydrogen (secondary N) is 1. The molecule has 1 atom stereocenters. The molecule has 0 aliphatic rings. The van der Waals surface area contributed by atoms with E-state index in [-0.39, 0.29) is 12.2 Å². The molecule has 0 radical (unpaired) electrons. The molecule has 146 valence electrons. The largest absolute Gasteiger partial charge is 0.496 e. The Kier molecular flexibility index (Phi) is 6.55. The molecule has 3 rings (SSSR count). The first kappa shape index (κ1) is 19.8. The van der Waals surface area contributed by atoms with Gasteiger partial charge in [-0.25, -0.2) is 9.97 Å². The number of nitrogens with zero attached hydrogens (tertiary/aromatic N) is 3. The van der Waals surface area contributed by atoms with Gasteiger partial charge in [0.15, 0.2) is 5.82 Å². The van der Waals surface area contributed by atoms with E-state index in [1.807, 2.05) is 63.2 Å². The van der Waals surface area contributed by atoms with Gasteiger partial charge in [-0.1, -0.05) is 18.2 Å². The number of benzene rings is 1. The lowest BCUT2D eigenvalue weighted by Crippen LogP contribution is -2.20. The normalized spacial score (nSPS) is 12.0. The Hall–Kier alpha value is -2.99. The van der Waals surface area contributed by atoms with Gasteiger partial charge < -0.3 is 14.8 Å². The molecule has 2 heterocycles. The average molecular weight is 378 g/mol. The van der Waals surface area contributed by atoms with Gasteiger partial charge in [-0.15, -0.1) is 0 Å². The van der Waals surface area contributed by atoms with Crippen molar-refractivity contribution in [2.75, 3.05) is 19.0 Å². The molecule has 0 spiro atoms. The number of hydrogen-bond donors (Lipinski definition) is 1. The van der Waals surface area contributed by atoms with E-state index in [1.54, 1.807) is 19.5 Å². The molecule has 1 unspecified atom stereocenters. The van der Waals surface area contributed by atoms with E-state index < -0.39 is 0 Å². The molecule has 6 nitrogen and oxygen atoms in total. The lowest BCUT2D eigenvalue weighted by Gasteiger charge is -2.23. The van der Waals surface area contributed by atoms with Gasteiger partial charge >= 0.3 is 0 Å². The van der Waals surface area contributed by atoms with Crippen molar-refractivity contribution in [3.8, 4) is 17.1 Å². The van der Waals surface area contributed by atoms with Gasteiger partial charge in [-0.2, -0.15) is 0 Å². The van der Waals surface area contributed by atoms with E-state index in [4.69, 9.17) is 9.47 Å². The van der Waals surface area contributed by atoms with E-state index in [0.717, 1.165) is 28.4 Å². The predicted octanol–water partition coefficient (Wildman–Crippen LogP) is 4.43. The first-order valence-electron chi connectivity index (χ1n) is 9.35. The molecule has 1 N–H and O–H groups in total. The Bertz CT molecular complexity index is 900. The van der Waals surface area contributed by atoms with Gasteiger partial charge in [-0.05, 0) is 39.0 Å². The van der Waals surface area contributed by atoms with Crippen molar-refractivity contribution in [2.24, 2.45) is 0 Å². The zero-order chi connectivity index (χ0) is 19.9. The van der Waals surface area contributed by atoms with Crippen LogP contribution in [0.3, 0.4) is 0 Å². The SMILES string of the molecule is COc1ccccc1C(CNc1cc(C)nc(-c2ccncc2)n1)OC(C)C. The summed E-state index contributed by atoms with van der Waals surface area (Å²) in [7, 11) is 1.67. The van der Waals surface area contributed by atoms with E-state index in [2.05, 4.69) is 20.3 Å². The molecule has 0 saturated carbocycles. The minimum absolute atomic E-state index is 0.0798. The Balaban J connectivity index is 1.82. The molecular weight excluding hydrogens is 352 g/mol. The fourth-order valence-electron chi connectivity index (χ4n) is 2.98. The first-order valence-corrected chi connectivity index (χ1v) is 9.35. The molecule has 2 aromatic heterocycles. The van der Waals surface area contributed by atoms with Crippen molar-refractivity contribution in [1.29, 1.82) is 0 Å². The quantitative estimate of drug-likeness (QED) is 0.625. The van der Waals surface area contributed by atoms with Crippen molar-refractivity contribution >= 4 is 5.82 Å². The van der Waals surface area contributed by atoms with Gasteiger partial charge in [-0.3, -0.25) is 4.98 Å². The van der Waals surface area contributed by atoms with Gasteiger partial charge in [0.2, 0.25) is 0 Å². The summed E-state index contributed by atoms with van der Waals surface area (Å²) in [6, 6.07) is 13.7. The van der Waals surface area contributed by atoms with E-state index >= 15 is 0 Å². The predicted molar refractivity (Wildman–Crippen MR) is 110 cm³/mol. The molecule has 0 bridgehead atoms. The van der Waals surface area contributed by atoms with Crippen LogP contribution in [-0.4, -0.2) is 34.7 Å². The maximum atomic E-state index is 6.15. The van der Waals surface area contributed by atoms with Crippen molar-refractivity contribution < 1.29 is 9.47 Å². The number of hydrogen-bond acceptors (Lipinski definition) is 6. The van der Waals surface area contributed by atoms with Crippen LogP contribution in [0, 0.1) is 6.92 Å². The number of para-hydroxylation sites is 1. The summed E-state index contributed by atoms with van der Waals surface area (Å²) in [5.74, 6) is 2.24. The van der Waals surface area contributed by atoms with E-state index in [9.17, 15) is 0 Å². The van der Waals surface area contributed by atoms with E-state index in [1.165, 1.54) is 0 Å². The number of aryl methyl sites for hydroxylation is 1. The zero-order valence-corrected chi connectivity index (χ0v) is 16.7. The molecule has 0 amide bonds. The summed E-state index contributed by atoms with van der Waals surface area (Å²) in [6.07, 6.45) is 3.39. The summed E-state index contributed by atoms with van der Waals surface area (Å²) >= 11 is 0. The first-order chi connectivity index (χ1) is 13.6. The third-order valence-electron chi connectivity index (χ3n) is 4.18. The number of pyridine rings is 1. The summed E-state index contributed by atoms with van der Waals surface area (Å²) < 4.78 is 11.7. The molecular formula is C22H26N4O2. The minimum atomic E-state index is -0.171. The number of rotatable bonds is 8. The molecule has 0 fully saturated rings. The molecule has 6 heteroatoms. The Morgan fingerprint density at radius 2 is 1.79 bits per heavy atom. The number of anilines is 1. The summed E-state index contributed by atoms with van der Waals surface area (Å²) in [5.41, 5.74) is 2.83. The molecule has 1 aromatic carbocycles.